The van der Waals surface area contributed by atoms with Crippen LogP contribution in [0.15, 0.2) is 60.8 Å². The third-order valence-corrected chi connectivity index (χ3v) is 9.41. The summed E-state index contributed by atoms with van der Waals surface area (Å²) in [5.74, 6) is -6.02. The number of nitrogens with two attached hydrogens (primary N) is 1. The van der Waals surface area contributed by atoms with Crippen LogP contribution in [-0.2, 0) is 21.6 Å². The number of nitrogens with one attached hydrogen (secondary N) is 1. The lowest BCUT2D eigenvalue weighted by molar-refractivity contribution is -0.123. The van der Waals surface area contributed by atoms with Crippen molar-refractivity contribution in [2.45, 2.75) is 36.6 Å². The molecule has 1 unspecified atom stereocenters. The summed E-state index contributed by atoms with van der Waals surface area (Å²) in [6.45, 7) is 0.481. The first-order valence-corrected chi connectivity index (χ1v) is 15.6. The lowest BCUT2D eigenvalue weighted by Crippen LogP contribution is -2.43. The summed E-state index contributed by atoms with van der Waals surface area (Å²) in [7, 11) is 1.36. The molecule has 3 heterocycles. The topological polar surface area (TPSA) is 165 Å². The molecule has 2 aliphatic rings. The summed E-state index contributed by atoms with van der Waals surface area (Å²) in [6, 6.07) is 11.9. The maximum atomic E-state index is 15.5. The monoisotopic (exact) mass is 700 g/mol. The number of aliphatic hydroxyl groups is 1. The van der Waals surface area contributed by atoms with Crippen LogP contribution in [0.1, 0.15) is 52.5 Å². The number of carbonyl (C=O) groups excluding carboxylic acids is 2. The molecule has 1 aliphatic carbocycles. The van der Waals surface area contributed by atoms with Crippen molar-refractivity contribution in [2.75, 3.05) is 20.3 Å². The van der Waals surface area contributed by atoms with Crippen LogP contribution in [0, 0.1) is 28.8 Å². The van der Waals surface area contributed by atoms with Crippen molar-refractivity contribution in [1.82, 2.24) is 20.1 Å². The molecule has 1 aliphatic heterocycles. The Labute approximate surface area is 287 Å². The molecule has 1 saturated carbocycles. The van der Waals surface area contributed by atoms with Crippen molar-refractivity contribution in [3.63, 3.8) is 0 Å². The van der Waals surface area contributed by atoms with Crippen LogP contribution in [0.2, 0.25) is 0 Å². The minimum Gasteiger partial charge on any atom is -0.494 e. The Morgan fingerprint density at radius 3 is 2.59 bits per heavy atom. The highest BCUT2D eigenvalue weighted by Gasteiger charge is 2.47. The van der Waals surface area contributed by atoms with E-state index in [0.717, 1.165) is 18.2 Å². The number of fused-ring (bicyclic) bond motifs is 2. The van der Waals surface area contributed by atoms with E-state index in [1.54, 1.807) is 6.07 Å². The Bertz CT molecular complexity index is 2340. The lowest BCUT2D eigenvalue weighted by atomic mass is 9.80. The van der Waals surface area contributed by atoms with Gasteiger partial charge in [0.1, 0.15) is 63.9 Å². The number of amides is 2. The fourth-order valence-corrected chi connectivity index (χ4v) is 6.12. The maximum Gasteiger partial charge on any atom is 0.251 e. The first kappa shape index (κ1) is 33.5. The lowest BCUT2D eigenvalue weighted by Gasteiger charge is -2.30. The van der Waals surface area contributed by atoms with Crippen LogP contribution >= 0.6 is 0 Å². The second kappa shape index (κ2) is 11.8. The molecule has 2 aromatic heterocycles. The normalized spacial score (nSPS) is 18.3. The highest BCUT2D eigenvalue weighted by molar-refractivity contribution is 6.00. The predicted molar refractivity (Wildman–Crippen MR) is 173 cm³/mol. The van der Waals surface area contributed by atoms with Gasteiger partial charge in [0.2, 0.25) is 11.7 Å². The Hall–Kier alpha value is -6.01. The van der Waals surface area contributed by atoms with Gasteiger partial charge in [0.25, 0.3) is 5.91 Å². The Morgan fingerprint density at radius 2 is 1.92 bits per heavy atom. The highest BCUT2D eigenvalue weighted by Crippen LogP contribution is 2.47. The van der Waals surface area contributed by atoms with E-state index in [1.165, 1.54) is 55.2 Å². The number of nitriles is 1. The minimum atomic E-state index is -2.38. The zero-order valence-electron chi connectivity index (χ0n) is 27.1. The second-order valence-electron chi connectivity index (χ2n) is 12.8. The molecule has 260 valence electrons. The standard InChI is InChI=1S/C36H28F4N6O5/c1-34(33(42)48)17-51-31-24(34)13-28(44-30(31)23-12-25(38)19(14-41)9-26(23)39)36(49,21-4-3-5-22(37)11-21)16-43-32(47)18-8-20-15-46(35(40)6-7-35)45-29(20)27(10-18)50-2/h3-5,8-13,15,49H,6-7,16-17H2,1-2H3,(H2,42,48)(H,43,47)/t34-,36?/m0/s1. The van der Waals surface area contributed by atoms with Crippen molar-refractivity contribution < 1.29 is 41.7 Å². The second-order valence-corrected chi connectivity index (χ2v) is 12.8. The largest absolute Gasteiger partial charge is 0.494 e. The number of primary amides is 1. The van der Waals surface area contributed by atoms with Gasteiger partial charge in [-0.25, -0.2) is 27.2 Å². The number of methoxy groups -OCH3 is 1. The SMILES string of the molecule is COc1cc(C(=O)NCC(O)(c2cccc(F)c2)c2cc3c(c(-c4cc(F)c(C#N)cc4F)n2)OC[C@]3(C)C(N)=O)cc2cn(C3(F)CC3)nc12. The van der Waals surface area contributed by atoms with E-state index in [1.807, 2.05) is 0 Å². The minimum absolute atomic E-state index is 0.0524. The molecule has 3 aromatic carbocycles. The van der Waals surface area contributed by atoms with Gasteiger partial charge in [0.05, 0.1) is 24.9 Å². The van der Waals surface area contributed by atoms with Crippen LogP contribution in [0.5, 0.6) is 11.5 Å². The van der Waals surface area contributed by atoms with Gasteiger partial charge >= 0.3 is 0 Å². The molecule has 51 heavy (non-hydrogen) atoms. The number of carbonyl (C=O) groups is 2. The summed E-state index contributed by atoms with van der Waals surface area (Å²) in [5, 5.41) is 29.0. The molecule has 0 bridgehead atoms. The van der Waals surface area contributed by atoms with Crippen LogP contribution in [0.3, 0.4) is 0 Å². The number of halogens is 4. The molecule has 2 amide bonds. The van der Waals surface area contributed by atoms with Gasteiger partial charge in [-0.3, -0.25) is 9.59 Å². The van der Waals surface area contributed by atoms with E-state index < -0.39 is 63.7 Å². The molecule has 0 spiro atoms. The molecule has 11 nitrogen and oxygen atoms in total. The molecule has 7 rings (SSSR count). The molecule has 0 radical (unpaired) electrons. The predicted octanol–water partition coefficient (Wildman–Crippen LogP) is 4.61. The first-order valence-electron chi connectivity index (χ1n) is 15.6. The van der Waals surface area contributed by atoms with Crippen molar-refractivity contribution in [2.24, 2.45) is 5.73 Å². The van der Waals surface area contributed by atoms with Crippen LogP contribution in [0.25, 0.3) is 22.2 Å². The molecular formula is C36H28F4N6O5. The molecule has 4 N–H and O–H groups in total. The van der Waals surface area contributed by atoms with Gasteiger partial charge in [0, 0.05) is 41.1 Å². The van der Waals surface area contributed by atoms with E-state index >= 15 is 4.39 Å². The van der Waals surface area contributed by atoms with Crippen molar-refractivity contribution in [1.29, 1.82) is 5.26 Å². The number of ether oxygens (including phenoxy) is 2. The number of hydrogen-bond acceptors (Lipinski definition) is 8. The summed E-state index contributed by atoms with van der Waals surface area (Å²) >= 11 is 0. The Balaban J connectivity index is 1.35. The number of pyridine rings is 1. The quantitative estimate of drug-likeness (QED) is 0.188. The van der Waals surface area contributed by atoms with Crippen LogP contribution in [0.4, 0.5) is 17.6 Å². The number of alkyl halides is 1. The number of hydrogen-bond donors (Lipinski definition) is 3. The van der Waals surface area contributed by atoms with Gasteiger partial charge in [-0.05, 0) is 55.0 Å². The maximum absolute atomic E-state index is 15.5. The Morgan fingerprint density at radius 1 is 1.16 bits per heavy atom. The van der Waals surface area contributed by atoms with Gasteiger partial charge in [0.15, 0.2) is 0 Å². The smallest absolute Gasteiger partial charge is 0.251 e. The number of nitrogens with zero attached hydrogens (tertiary/aromatic N) is 4. The fourth-order valence-electron chi connectivity index (χ4n) is 6.12. The third kappa shape index (κ3) is 5.48. The molecule has 2 atom stereocenters. The molecule has 1 fully saturated rings. The van der Waals surface area contributed by atoms with E-state index in [4.69, 9.17) is 15.2 Å². The van der Waals surface area contributed by atoms with Crippen molar-refractivity contribution in [3.8, 4) is 28.8 Å². The van der Waals surface area contributed by atoms with Crippen LogP contribution < -0.4 is 20.5 Å². The highest BCUT2D eigenvalue weighted by atomic mass is 19.2. The first-order chi connectivity index (χ1) is 24.2. The van der Waals surface area contributed by atoms with Crippen molar-refractivity contribution in [3.05, 3.63) is 106 Å². The van der Waals surface area contributed by atoms with Gasteiger partial charge < -0.3 is 25.6 Å². The number of benzene rings is 3. The summed E-state index contributed by atoms with van der Waals surface area (Å²) in [4.78, 5) is 30.9. The zero-order valence-corrected chi connectivity index (χ0v) is 27.1. The fraction of sp³-hybridized carbons (Fsp3) is 0.250. The summed E-state index contributed by atoms with van der Waals surface area (Å²) < 4.78 is 72.2. The van der Waals surface area contributed by atoms with Crippen LogP contribution in [-0.4, -0.2) is 51.9 Å². The molecule has 15 heteroatoms. The number of rotatable bonds is 9. The van der Waals surface area contributed by atoms with E-state index in [2.05, 4.69) is 15.4 Å². The molecule has 5 aromatic rings. The van der Waals surface area contributed by atoms with Gasteiger partial charge in [-0.15, -0.1) is 0 Å². The molecule has 0 saturated heterocycles. The van der Waals surface area contributed by atoms with E-state index in [0.29, 0.717) is 29.8 Å². The average Bonchev–Trinajstić information content (AvgIpc) is 3.54. The van der Waals surface area contributed by atoms with Gasteiger partial charge in [-0.1, -0.05) is 12.1 Å². The van der Waals surface area contributed by atoms with Gasteiger partial charge in [-0.2, -0.15) is 10.4 Å². The Kier molecular flexibility index (Phi) is 7.75. The van der Waals surface area contributed by atoms with Crippen molar-refractivity contribution >= 4 is 22.7 Å². The van der Waals surface area contributed by atoms with E-state index in [9.17, 15) is 33.1 Å². The number of aromatic nitrogens is 3. The zero-order chi connectivity index (χ0) is 36.5. The molecular weight excluding hydrogens is 672 g/mol. The third-order valence-electron chi connectivity index (χ3n) is 9.41. The summed E-state index contributed by atoms with van der Waals surface area (Å²) in [6.07, 6.45) is 2.06. The average molecular weight is 701 g/mol. The summed E-state index contributed by atoms with van der Waals surface area (Å²) in [5.41, 5.74) is 0.489. The van der Waals surface area contributed by atoms with E-state index in [-0.39, 0.29) is 46.2 Å².